The molecule has 7 heteroatoms. The predicted molar refractivity (Wildman–Crippen MR) is 95.3 cm³/mol. The zero-order valence-electron chi connectivity index (χ0n) is 13.7. The molecule has 1 aliphatic heterocycles. The predicted octanol–water partition coefficient (Wildman–Crippen LogP) is 2.90. The molecule has 1 aromatic heterocycles. The van der Waals surface area contributed by atoms with E-state index in [2.05, 4.69) is 9.97 Å². The fourth-order valence-corrected chi connectivity index (χ4v) is 2.99. The number of halogens is 1. The summed E-state index contributed by atoms with van der Waals surface area (Å²) >= 11 is 6.17. The maximum Gasteiger partial charge on any atom is 0.275 e. The number of anilines is 1. The van der Waals surface area contributed by atoms with Gasteiger partial charge in [-0.3, -0.25) is 4.79 Å². The SMILES string of the molecule is N#CCN(Cc1ccccc1)C(=O)c1nc(N2CCCC2)ncc1Cl. The van der Waals surface area contributed by atoms with Crippen molar-refractivity contribution < 1.29 is 4.79 Å². The van der Waals surface area contributed by atoms with Crippen molar-refractivity contribution in [1.29, 1.82) is 5.26 Å². The molecule has 0 N–H and O–H groups in total. The van der Waals surface area contributed by atoms with Gasteiger partial charge in [0.05, 0.1) is 17.3 Å². The van der Waals surface area contributed by atoms with Crippen molar-refractivity contribution in [3.05, 3.63) is 52.8 Å². The van der Waals surface area contributed by atoms with E-state index >= 15 is 0 Å². The topological polar surface area (TPSA) is 73.1 Å². The summed E-state index contributed by atoms with van der Waals surface area (Å²) in [5, 5.41) is 9.29. The average molecular weight is 356 g/mol. The second-order valence-corrected chi connectivity index (χ2v) is 6.27. The lowest BCUT2D eigenvalue weighted by Crippen LogP contribution is -2.32. The first kappa shape index (κ1) is 17.2. The lowest BCUT2D eigenvalue weighted by molar-refractivity contribution is 0.0759. The fourth-order valence-electron chi connectivity index (χ4n) is 2.82. The largest absolute Gasteiger partial charge is 0.341 e. The zero-order valence-corrected chi connectivity index (χ0v) is 14.5. The molecule has 0 unspecified atom stereocenters. The number of rotatable bonds is 5. The van der Waals surface area contributed by atoms with Crippen LogP contribution in [-0.4, -0.2) is 40.4 Å². The summed E-state index contributed by atoms with van der Waals surface area (Å²) in [4.78, 5) is 25.0. The van der Waals surface area contributed by atoms with Crippen LogP contribution < -0.4 is 4.90 Å². The second-order valence-electron chi connectivity index (χ2n) is 5.87. The van der Waals surface area contributed by atoms with Crippen molar-refractivity contribution in [2.24, 2.45) is 0 Å². The molecule has 3 rings (SSSR count). The maximum atomic E-state index is 12.9. The molecule has 0 bridgehead atoms. The van der Waals surface area contributed by atoms with Gasteiger partial charge >= 0.3 is 0 Å². The number of nitrogens with zero attached hydrogens (tertiary/aromatic N) is 5. The van der Waals surface area contributed by atoms with Crippen molar-refractivity contribution in [2.45, 2.75) is 19.4 Å². The van der Waals surface area contributed by atoms with Crippen LogP contribution in [-0.2, 0) is 6.54 Å². The maximum absolute atomic E-state index is 12.9. The molecule has 0 radical (unpaired) electrons. The number of carbonyl (C=O) groups excluding carboxylic acids is 1. The summed E-state index contributed by atoms with van der Waals surface area (Å²) in [6, 6.07) is 11.6. The van der Waals surface area contributed by atoms with Gasteiger partial charge in [-0.15, -0.1) is 0 Å². The highest BCUT2D eigenvalue weighted by atomic mass is 35.5. The third-order valence-corrected chi connectivity index (χ3v) is 4.36. The summed E-state index contributed by atoms with van der Waals surface area (Å²) in [7, 11) is 0. The zero-order chi connectivity index (χ0) is 17.6. The van der Waals surface area contributed by atoms with E-state index in [1.54, 1.807) is 0 Å². The first-order valence-corrected chi connectivity index (χ1v) is 8.54. The molecule has 2 heterocycles. The highest BCUT2D eigenvalue weighted by Crippen LogP contribution is 2.21. The molecule has 2 aromatic rings. The fraction of sp³-hybridized carbons (Fsp3) is 0.333. The lowest BCUT2D eigenvalue weighted by atomic mass is 10.2. The Bertz CT molecular complexity index is 784. The van der Waals surface area contributed by atoms with Crippen LogP contribution in [0, 0.1) is 11.3 Å². The highest BCUT2D eigenvalue weighted by molar-refractivity contribution is 6.33. The molecule has 0 spiro atoms. The minimum atomic E-state index is -0.363. The number of amides is 1. The smallest absolute Gasteiger partial charge is 0.275 e. The van der Waals surface area contributed by atoms with Gasteiger partial charge < -0.3 is 9.80 Å². The molecule has 1 aliphatic rings. The van der Waals surface area contributed by atoms with Gasteiger partial charge in [0.2, 0.25) is 5.95 Å². The van der Waals surface area contributed by atoms with E-state index in [1.807, 2.05) is 41.3 Å². The van der Waals surface area contributed by atoms with Crippen molar-refractivity contribution in [1.82, 2.24) is 14.9 Å². The molecule has 0 saturated carbocycles. The van der Waals surface area contributed by atoms with Crippen LogP contribution in [0.1, 0.15) is 28.9 Å². The highest BCUT2D eigenvalue weighted by Gasteiger charge is 2.23. The Morgan fingerprint density at radius 3 is 2.68 bits per heavy atom. The third kappa shape index (κ3) is 4.06. The summed E-state index contributed by atoms with van der Waals surface area (Å²) in [5.41, 5.74) is 1.08. The van der Waals surface area contributed by atoms with E-state index in [1.165, 1.54) is 11.1 Å². The van der Waals surface area contributed by atoms with Crippen LogP contribution in [0.2, 0.25) is 5.02 Å². The Morgan fingerprint density at radius 2 is 2.00 bits per heavy atom. The molecule has 0 aliphatic carbocycles. The minimum absolute atomic E-state index is 0.0346. The second kappa shape index (κ2) is 7.95. The Labute approximate surface area is 151 Å². The normalized spacial score (nSPS) is 13.5. The standard InChI is InChI=1S/C18H18ClN5O/c19-15-12-21-18(23-9-4-5-10-23)22-16(15)17(25)24(11-8-20)13-14-6-2-1-3-7-14/h1-3,6-7,12H,4-5,9-11,13H2. The van der Waals surface area contributed by atoms with Crippen molar-refractivity contribution in [3.63, 3.8) is 0 Å². The molecular weight excluding hydrogens is 338 g/mol. The number of benzene rings is 1. The van der Waals surface area contributed by atoms with Gasteiger partial charge in [0.15, 0.2) is 5.69 Å². The lowest BCUT2D eigenvalue weighted by Gasteiger charge is -2.21. The number of carbonyl (C=O) groups is 1. The molecule has 6 nitrogen and oxygen atoms in total. The van der Waals surface area contributed by atoms with Crippen LogP contribution in [0.3, 0.4) is 0 Å². The quantitative estimate of drug-likeness (QED) is 0.771. The monoisotopic (exact) mass is 355 g/mol. The van der Waals surface area contributed by atoms with Crippen LogP contribution in [0.5, 0.6) is 0 Å². The number of nitriles is 1. The molecular formula is C18H18ClN5O. The van der Waals surface area contributed by atoms with Gasteiger partial charge in [0.25, 0.3) is 5.91 Å². The molecule has 25 heavy (non-hydrogen) atoms. The van der Waals surface area contributed by atoms with Crippen molar-refractivity contribution >= 4 is 23.5 Å². The van der Waals surface area contributed by atoms with Gasteiger partial charge in [-0.25, -0.2) is 9.97 Å². The molecule has 0 atom stereocenters. The summed E-state index contributed by atoms with van der Waals surface area (Å²) in [6.07, 6.45) is 3.64. The van der Waals surface area contributed by atoms with E-state index in [0.717, 1.165) is 31.5 Å². The van der Waals surface area contributed by atoms with E-state index in [-0.39, 0.29) is 23.2 Å². The first-order chi connectivity index (χ1) is 12.2. The van der Waals surface area contributed by atoms with E-state index in [4.69, 9.17) is 16.9 Å². The summed E-state index contributed by atoms with van der Waals surface area (Å²) < 4.78 is 0. The Morgan fingerprint density at radius 1 is 1.28 bits per heavy atom. The number of aromatic nitrogens is 2. The third-order valence-electron chi connectivity index (χ3n) is 4.09. The van der Waals surface area contributed by atoms with Crippen molar-refractivity contribution in [2.75, 3.05) is 24.5 Å². The minimum Gasteiger partial charge on any atom is -0.341 e. The average Bonchev–Trinajstić information content (AvgIpc) is 3.17. The van der Waals surface area contributed by atoms with Gasteiger partial charge in [0.1, 0.15) is 6.54 Å². The summed E-state index contributed by atoms with van der Waals surface area (Å²) in [6.45, 7) is 2.04. The Kier molecular flexibility index (Phi) is 5.46. The van der Waals surface area contributed by atoms with Gasteiger partial charge in [-0.05, 0) is 18.4 Å². The first-order valence-electron chi connectivity index (χ1n) is 8.16. The Balaban J connectivity index is 1.86. The van der Waals surface area contributed by atoms with Gasteiger partial charge in [0, 0.05) is 19.6 Å². The van der Waals surface area contributed by atoms with E-state index in [0.29, 0.717) is 12.5 Å². The molecule has 1 saturated heterocycles. The number of hydrogen-bond donors (Lipinski definition) is 0. The van der Waals surface area contributed by atoms with Gasteiger partial charge in [-0.1, -0.05) is 41.9 Å². The molecule has 128 valence electrons. The van der Waals surface area contributed by atoms with Crippen LogP contribution in [0.15, 0.2) is 36.5 Å². The van der Waals surface area contributed by atoms with Crippen molar-refractivity contribution in [3.8, 4) is 6.07 Å². The Hall–Kier alpha value is -2.65. The molecule has 1 fully saturated rings. The summed E-state index contributed by atoms with van der Waals surface area (Å²) in [5.74, 6) is 0.153. The van der Waals surface area contributed by atoms with Crippen LogP contribution in [0.4, 0.5) is 5.95 Å². The molecule has 1 aromatic carbocycles. The molecule has 1 amide bonds. The van der Waals surface area contributed by atoms with E-state index < -0.39 is 0 Å². The van der Waals surface area contributed by atoms with Gasteiger partial charge in [-0.2, -0.15) is 5.26 Å². The van der Waals surface area contributed by atoms with Crippen LogP contribution in [0.25, 0.3) is 0 Å². The number of hydrogen-bond acceptors (Lipinski definition) is 5. The van der Waals surface area contributed by atoms with Crippen LogP contribution >= 0.6 is 11.6 Å². The van der Waals surface area contributed by atoms with E-state index in [9.17, 15) is 4.79 Å².